The first-order valence-corrected chi connectivity index (χ1v) is 7.59. The maximum Gasteiger partial charge on any atom is 0.266 e. The molecule has 6 nitrogen and oxygen atoms in total. The zero-order valence-electron chi connectivity index (χ0n) is 11.7. The number of aliphatic hydroxyl groups is 1. The second-order valence-electron chi connectivity index (χ2n) is 5.16. The van der Waals surface area contributed by atoms with Crippen LogP contribution in [0.2, 0.25) is 0 Å². The number of morpholine rings is 1. The molecule has 0 aliphatic carbocycles. The van der Waals surface area contributed by atoms with Gasteiger partial charge in [0.1, 0.15) is 4.88 Å². The number of hydrogen-bond donors (Lipinski definition) is 2. The summed E-state index contributed by atoms with van der Waals surface area (Å²) in [6.07, 6.45) is 3.05. The van der Waals surface area contributed by atoms with Crippen molar-refractivity contribution in [2.45, 2.75) is 19.1 Å². The van der Waals surface area contributed by atoms with Gasteiger partial charge in [-0.3, -0.25) is 9.78 Å². The van der Waals surface area contributed by atoms with Crippen molar-refractivity contribution < 1.29 is 14.6 Å². The van der Waals surface area contributed by atoms with Crippen LogP contribution in [0, 0.1) is 0 Å². The van der Waals surface area contributed by atoms with E-state index < -0.39 is 0 Å². The predicted molar refractivity (Wildman–Crippen MR) is 81.4 cm³/mol. The number of amides is 1. The summed E-state index contributed by atoms with van der Waals surface area (Å²) in [5.41, 5.74) is 6.62. The van der Waals surface area contributed by atoms with E-state index in [2.05, 4.69) is 4.98 Å². The van der Waals surface area contributed by atoms with Crippen LogP contribution in [0.4, 0.5) is 5.69 Å². The molecule has 1 aliphatic rings. The fraction of sp³-hybridized carbons (Fsp3) is 0.429. The van der Waals surface area contributed by atoms with Crippen molar-refractivity contribution in [3.05, 3.63) is 23.3 Å². The van der Waals surface area contributed by atoms with E-state index in [0.717, 1.165) is 10.1 Å². The van der Waals surface area contributed by atoms with Gasteiger partial charge in [-0.1, -0.05) is 0 Å². The highest BCUT2D eigenvalue weighted by atomic mass is 32.1. The molecule has 1 fully saturated rings. The van der Waals surface area contributed by atoms with Gasteiger partial charge in [0.2, 0.25) is 0 Å². The SMILES string of the molecule is CC1COC(CO)CN1C(=O)c1sc2cnccc2c1N. The summed E-state index contributed by atoms with van der Waals surface area (Å²) < 4.78 is 6.36. The molecule has 1 amide bonds. The van der Waals surface area contributed by atoms with Crippen LogP contribution < -0.4 is 5.73 Å². The summed E-state index contributed by atoms with van der Waals surface area (Å²) in [4.78, 5) is 19.1. The summed E-state index contributed by atoms with van der Waals surface area (Å²) in [6.45, 7) is 2.63. The van der Waals surface area contributed by atoms with Gasteiger partial charge in [0, 0.05) is 24.3 Å². The van der Waals surface area contributed by atoms with E-state index in [1.807, 2.05) is 13.0 Å². The molecule has 0 spiro atoms. The number of pyridine rings is 1. The summed E-state index contributed by atoms with van der Waals surface area (Å²) in [5.74, 6) is -0.108. The monoisotopic (exact) mass is 307 g/mol. The number of nitrogens with zero attached hydrogens (tertiary/aromatic N) is 2. The molecule has 0 radical (unpaired) electrons. The average Bonchev–Trinajstić information content (AvgIpc) is 2.85. The second kappa shape index (κ2) is 5.59. The first kappa shape index (κ1) is 14.2. The number of nitrogens with two attached hydrogens (primary N) is 1. The van der Waals surface area contributed by atoms with Gasteiger partial charge in [0.25, 0.3) is 5.91 Å². The summed E-state index contributed by atoms with van der Waals surface area (Å²) >= 11 is 1.35. The number of nitrogen functional groups attached to an aromatic ring is 1. The van der Waals surface area contributed by atoms with Gasteiger partial charge in [0.15, 0.2) is 0 Å². The van der Waals surface area contributed by atoms with E-state index in [0.29, 0.717) is 23.7 Å². The third-order valence-corrected chi connectivity index (χ3v) is 4.84. The Labute approximate surface area is 126 Å². The molecule has 2 atom stereocenters. The Morgan fingerprint density at radius 2 is 2.48 bits per heavy atom. The topological polar surface area (TPSA) is 88.7 Å². The largest absolute Gasteiger partial charge is 0.397 e. The maximum atomic E-state index is 12.8. The number of rotatable bonds is 2. The van der Waals surface area contributed by atoms with E-state index in [1.54, 1.807) is 17.3 Å². The Balaban J connectivity index is 1.94. The molecule has 0 bridgehead atoms. The van der Waals surface area contributed by atoms with Gasteiger partial charge in [-0.15, -0.1) is 11.3 Å². The van der Waals surface area contributed by atoms with Gasteiger partial charge >= 0.3 is 0 Å². The number of carbonyl (C=O) groups excluding carboxylic acids is 1. The highest BCUT2D eigenvalue weighted by Gasteiger charge is 2.32. The number of ether oxygens (including phenoxy) is 1. The number of carbonyl (C=O) groups is 1. The number of anilines is 1. The summed E-state index contributed by atoms with van der Waals surface area (Å²) in [5, 5.41) is 10.1. The van der Waals surface area contributed by atoms with Crippen LogP contribution in [-0.2, 0) is 4.74 Å². The van der Waals surface area contributed by atoms with Crippen molar-refractivity contribution in [2.75, 3.05) is 25.5 Å². The van der Waals surface area contributed by atoms with E-state index in [4.69, 9.17) is 10.5 Å². The smallest absolute Gasteiger partial charge is 0.266 e. The van der Waals surface area contributed by atoms with Gasteiger partial charge in [-0.05, 0) is 13.0 Å². The van der Waals surface area contributed by atoms with Crippen LogP contribution in [0.3, 0.4) is 0 Å². The lowest BCUT2D eigenvalue weighted by Gasteiger charge is -2.37. The van der Waals surface area contributed by atoms with E-state index in [9.17, 15) is 9.90 Å². The number of hydrogen-bond acceptors (Lipinski definition) is 6. The minimum Gasteiger partial charge on any atom is -0.397 e. The molecule has 0 saturated carbocycles. The third-order valence-electron chi connectivity index (χ3n) is 3.70. The first-order valence-electron chi connectivity index (χ1n) is 6.77. The van der Waals surface area contributed by atoms with Gasteiger partial charge in [-0.2, -0.15) is 0 Å². The molecule has 1 aliphatic heterocycles. The van der Waals surface area contributed by atoms with Crippen LogP contribution in [0.1, 0.15) is 16.6 Å². The Morgan fingerprint density at radius 3 is 3.19 bits per heavy atom. The van der Waals surface area contributed by atoms with E-state index in [-0.39, 0.29) is 24.7 Å². The van der Waals surface area contributed by atoms with Crippen LogP contribution in [0.5, 0.6) is 0 Å². The highest BCUT2D eigenvalue weighted by molar-refractivity contribution is 7.21. The van der Waals surface area contributed by atoms with Crippen LogP contribution >= 0.6 is 11.3 Å². The van der Waals surface area contributed by atoms with Crippen molar-refractivity contribution >= 4 is 33.0 Å². The van der Waals surface area contributed by atoms with Gasteiger partial charge in [-0.25, -0.2) is 0 Å². The average molecular weight is 307 g/mol. The number of thiophene rings is 1. The van der Waals surface area contributed by atoms with Crippen LogP contribution in [0.15, 0.2) is 18.5 Å². The van der Waals surface area contributed by atoms with Crippen molar-refractivity contribution in [2.24, 2.45) is 0 Å². The fourth-order valence-corrected chi connectivity index (χ4v) is 3.52. The molecule has 3 N–H and O–H groups in total. The highest BCUT2D eigenvalue weighted by Crippen LogP contribution is 2.34. The molecule has 3 heterocycles. The normalized spacial score (nSPS) is 22.7. The van der Waals surface area contributed by atoms with E-state index in [1.165, 1.54) is 11.3 Å². The molecule has 2 aromatic rings. The lowest BCUT2D eigenvalue weighted by atomic mass is 10.1. The molecule has 0 aromatic carbocycles. The standard InChI is InChI=1S/C14H17N3O3S/c1-8-7-20-9(6-18)5-17(8)14(19)13-12(15)10-2-3-16-4-11(10)21-13/h2-4,8-9,18H,5-7,15H2,1H3. The zero-order chi connectivity index (χ0) is 15.0. The minimum absolute atomic E-state index is 0.0389. The lowest BCUT2D eigenvalue weighted by Crippen LogP contribution is -2.51. The van der Waals surface area contributed by atoms with Crippen molar-refractivity contribution in [1.29, 1.82) is 0 Å². The Kier molecular flexibility index (Phi) is 3.79. The number of aliphatic hydroxyl groups excluding tert-OH is 1. The maximum absolute atomic E-state index is 12.8. The lowest BCUT2D eigenvalue weighted by molar-refractivity contribution is -0.0666. The summed E-state index contributed by atoms with van der Waals surface area (Å²) in [7, 11) is 0. The molecule has 112 valence electrons. The fourth-order valence-electron chi connectivity index (χ4n) is 2.47. The van der Waals surface area contributed by atoms with Crippen LogP contribution in [-0.4, -0.2) is 52.8 Å². The third kappa shape index (κ3) is 2.48. The quantitative estimate of drug-likeness (QED) is 0.867. The van der Waals surface area contributed by atoms with Gasteiger partial charge in [0.05, 0.1) is 35.7 Å². The van der Waals surface area contributed by atoms with Crippen molar-refractivity contribution in [3.63, 3.8) is 0 Å². The van der Waals surface area contributed by atoms with Crippen molar-refractivity contribution in [1.82, 2.24) is 9.88 Å². The minimum atomic E-state index is -0.331. The number of aromatic nitrogens is 1. The Hall–Kier alpha value is -1.70. The van der Waals surface area contributed by atoms with Gasteiger partial charge < -0.3 is 20.5 Å². The predicted octanol–water partition coefficient (Wildman–Crippen LogP) is 1.10. The first-order chi connectivity index (χ1) is 10.1. The second-order valence-corrected chi connectivity index (χ2v) is 6.21. The molecular weight excluding hydrogens is 290 g/mol. The number of fused-ring (bicyclic) bond motifs is 1. The Morgan fingerprint density at radius 1 is 1.67 bits per heavy atom. The molecular formula is C14H17N3O3S. The molecule has 7 heteroatoms. The van der Waals surface area contributed by atoms with E-state index >= 15 is 0 Å². The van der Waals surface area contributed by atoms with Crippen molar-refractivity contribution in [3.8, 4) is 0 Å². The summed E-state index contributed by atoms with van der Waals surface area (Å²) in [6, 6.07) is 1.78. The Bertz CT molecular complexity index is 673. The molecule has 2 unspecified atom stereocenters. The zero-order valence-corrected chi connectivity index (χ0v) is 12.5. The molecule has 2 aromatic heterocycles. The molecule has 1 saturated heterocycles. The van der Waals surface area contributed by atoms with Crippen LogP contribution in [0.25, 0.3) is 10.1 Å². The molecule has 3 rings (SSSR count). The molecule has 21 heavy (non-hydrogen) atoms.